The number of phenolic OH excluding ortho intramolecular Hbond substituents is 2. The number of hydrogen-bond donors (Lipinski definition) is 20. The molecule has 1 saturated heterocycles. The number of carbonyl (C=O) groups excluding carboxylic acids is 1. The van der Waals surface area contributed by atoms with E-state index in [2.05, 4.69) is 107 Å². The van der Waals surface area contributed by atoms with E-state index in [-0.39, 0.29) is 129 Å². The summed E-state index contributed by atoms with van der Waals surface area (Å²) in [6, 6.07) is 20.0. The Morgan fingerprint density at radius 1 is 0.519 bits per heavy atom. The zero-order valence-corrected chi connectivity index (χ0v) is 61.2. The number of amides is 1. The highest BCUT2D eigenvalue weighted by Crippen LogP contribution is 2.48. The van der Waals surface area contributed by atoms with Crippen molar-refractivity contribution in [2.45, 2.75) is 41.2 Å². The second kappa shape index (κ2) is 32.0. The standard InChI is InChI=1S/C56H53Cl2N19O24S7/c1-25(78)61-29-7-12-40(105(86,87)88)36(24-29)72-73-45-38(103-101-99-82)20-27-22-42(107(92,93)94)47(49(80)43(27)44(45)59)75-71-35-23-30(6-11-37(35)102-100-98-81)63-54-65-51(57)64-53(68-54)60-13-14-76-15-17-77(18-16-76)56-67-52(58)66-55(69-56)62-28-5-8-31-26(19-28)21-41(106(89,90)91)46(48(31)79)74-70-34-10-9-32-33(50(34)108(95,96)97)3-2-4-39(32)104(83,84)85/h2-12,19-24,70-75,79-82H,13-18,59H2,1H3,(H,61,78)(H,83,84,85)(H,86,87,88)(H,89,90,91)(H,92,93,94)(H,95,96,97)(H,62,66,67,69)(H2,60,63,64,65,68). The molecule has 0 unspecified atom stereocenters. The van der Waals surface area contributed by atoms with Gasteiger partial charge in [0.1, 0.15) is 41.6 Å². The molecule has 3 heterocycles. The van der Waals surface area contributed by atoms with Gasteiger partial charge in [0.05, 0.1) is 67.7 Å². The van der Waals surface area contributed by atoms with Gasteiger partial charge in [0.25, 0.3) is 50.6 Å². The molecular weight excluding hydrogens is 1620 g/mol. The number of rotatable bonds is 30. The van der Waals surface area contributed by atoms with Crippen LogP contribution in [0.2, 0.25) is 10.6 Å². The van der Waals surface area contributed by atoms with Crippen molar-refractivity contribution >= 4 is 217 Å². The van der Waals surface area contributed by atoms with Crippen LogP contribution in [0.3, 0.4) is 0 Å². The molecule has 0 bridgehead atoms. The smallest absolute Gasteiger partial charge is 0.297 e. The van der Waals surface area contributed by atoms with E-state index < -0.39 is 115 Å². The molecule has 21 N–H and O–H groups in total. The molecule has 2 aromatic heterocycles. The predicted octanol–water partition coefficient (Wildman–Crippen LogP) is 7.90. The van der Waals surface area contributed by atoms with Crippen molar-refractivity contribution in [2.24, 2.45) is 0 Å². The number of hydrazine groups is 3. The number of nitrogen functional groups attached to an aromatic ring is 1. The molecule has 1 fully saturated rings. The van der Waals surface area contributed by atoms with E-state index in [1.54, 1.807) is 0 Å². The fourth-order valence-corrected chi connectivity index (χ4v) is 15.7. The zero-order valence-electron chi connectivity index (χ0n) is 54.0. The number of halogens is 2. The van der Waals surface area contributed by atoms with E-state index in [1.165, 1.54) is 49.4 Å². The molecule has 0 saturated carbocycles. The van der Waals surface area contributed by atoms with Gasteiger partial charge in [-0.25, -0.2) is 10.5 Å². The third-order valence-corrected chi connectivity index (χ3v) is 21.6. The molecule has 0 radical (unpaired) electrons. The number of aromatic nitrogens is 6. The molecule has 8 aromatic carbocycles. The summed E-state index contributed by atoms with van der Waals surface area (Å²) in [5.74, 6) is -2.19. The van der Waals surface area contributed by atoms with Crippen LogP contribution in [0.4, 0.5) is 80.7 Å². The first-order valence-electron chi connectivity index (χ1n) is 29.8. The van der Waals surface area contributed by atoms with E-state index in [0.717, 1.165) is 60.7 Å². The molecule has 1 aliphatic heterocycles. The molecule has 0 atom stereocenters. The lowest BCUT2D eigenvalue weighted by Gasteiger charge is -2.34. The maximum absolute atomic E-state index is 13.0. The number of phenols is 2. The van der Waals surface area contributed by atoms with Crippen molar-refractivity contribution in [1.29, 1.82) is 0 Å². The first kappa shape index (κ1) is 79.0. The minimum Gasteiger partial charge on any atom is -0.505 e. The minimum absolute atomic E-state index is 0.00484. The van der Waals surface area contributed by atoms with Crippen molar-refractivity contribution in [3.63, 3.8) is 0 Å². The van der Waals surface area contributed by atoms with Crippen molar-refractivity contribution in [1.82, 2.24) is 34.8 Å². The number of nitrogens with zero attached hydrogens (tertiary/aromatic N) is 8. The maximum atomic E-state index is 13.0. The molecule has 0 spiro atoms. The van der Waals surface area contributed by atoms with Crippen LogP contribution in [-0.2, 0) is 74.1 Å². The van der Waals surface area contributed by atoms with E-state index in [9.17, 15) is 79.9 Å². The number of nitrogens with one attached hydrogen (secondary N) is 10. The molecule has 572 valence electrons. The quantitative estimate of drug-likeness (QED) is 0.00507. The highest BCUT2D eigenvalue weighted by molar-refractivity contribution is 7.95. The van der Waals surface area contributed by atoms with Crippen molar-refractivity contribution in [3.05, 3.63) is 114 Å². The number of carbonyl (C=O) groups is 1. The number of benzene rings is 8. The monoisotopic (exact) mass is 1670 g/mol. The lowest BCUT2D eigenvalue weighted by molar-refractivity contribution is -0.432. The largest absolute Gasteiger partial charge is 0.505 e. The van der Waals surface area contributed by atoms with E-state index in [4.69, 9.17) is 39.5 Å². The van der Waals surface area contributed by atoms with Gasteiger partial charge in [-0.3, -0.25) is 65.0 Å². The van der Waals surface area contributed by atoms with Gasteiger partial charge in [-0.05, 0) is 119 Å². The Morgan fingerprint density at radius 2 is 1.06 bits per heavy atom. The molecule has 10 aromatic rings. The van der Waals surface area contributed by atoms with Crippen molar-refractivity contribution in [2.75, 3.05) is 104 Å². The summed E-state index contributed by atoms with van der Waals surface area (Å²) < 4.78 is 186. The van der Waals surface area contributed by atoms with Gasteiger partial charge in [-0.2, -0.15) is 72.0 Å². The van der Waals surface area contributed by atoms with Crippen LogP contribution in [0.15, 0.2) is 137 Å². The number of fused-ring (bicyclic) bond motifs is 3. The number of hydrogen-bond acceptors (Lipinski definition) is 39. The number of anilines is 14. The maximum Gasteiger partial charge on any atom is 0.297 e. The third kappa shape index (κ3) is 18.4. The fraction of sp³-hybridized carbons (Fsp3) is 0.125. The summed E-state index contributed by atoms with van der Waals surface area (Å²) in [4.78, 5) is 37.3. The average Bonchev–Trinajstić information content (AvgIpc) is 0.753. The van der Waals surface area contributed by atoms with Crippen LogP contribution in [0.25, 0.3) is 32.3 Å². The molecule has 108 heavy (non-hydrogen) atoms. The van der Waals surface area contributed by atoms with E-state index in [1.807, 2.05) is 4.90 Å². The van der Waals surface area contributed by atoms with Crippen molar-refractivity contribution in [3.8, 4) is 11.5 Å². The normalized spacial score (nSPS) is 13.1. The van der Waals surface area contributed by atoms with E-state index in [0.29, 0.717) is 44.8 Å². The second-order valence-electron chi connectivity index (χ2n) is 22.4. The van der Waals surface area contributed by atoms with Gasteiger partial charge in [0.2, 0.25) is 40.3 Å². The summed E-state index contributed by atoms with van der Waals surface area (Å²) in [5.41, 5.74) is 19.2. The lowest BCUT2D eigenvalue weighted by Crippen LogP contribution is -2.48. The zero-order chi connectivity index (χ0) is 77.9. The summed E-state index contributed by atoms with van der Waals surface area (Å²) in [6.45, 7) is 3.65. The highest BCUT2D eigenvalue weighted by atomic mass is 35.5. The topological polar surface area (TPSA) is 637 Å². The first-order valence-corrected chi connectivity index (χ1v) is 39.2. The SMILES string of the molecule is CC(=O)Nc1ccc(S(=O)(=O)O)c(NNc2c(SOOO)cc3cc(S(=O)(=O)O)c(NNc4cc(Nc5nc(Cl)nc(NCCN6CCN(c7nc(Cl)nc(Nc8ccc9c(O)c(NNc%10ccc%11c(S(=O)(=O)O)cccc%11c%10S(=O)(=O)O)c(S(=O)(=O)O)cc9c8)n7)CC6)n5)ccc4SOOO)c(O)c3c2N)c1. The van der Waals surface area contributed by atoms with E-state index >= 15 is 0 Å². The average molecular weight is 1670 g/mol. The lowest BCUT2D eigenvalue weighted by atomic mass is 10.0. The second-order valence-corrected chi connectivity index (χ2v) is 31.4. The third-order valence-electron chi connectivity index (χ3n) is 15.4. The Kier molecular flexibility index (Phi) is 23.4. The molecule has 11 rings (SSSR count). The fourth-order valence-electron chi connectivity index (χ4n) is 10.9. The molecule has 0 aliphatic carbocycles. The van der Waals surface area contributed by atoms with Gasteiger partial charge in [-0.1, -0.05) is 28.3 Å². The Morgan fingerprint density at radius 3 is 1.70 bits per heavy atom. The number of nitrogens with two attached hydrogens (primary N) is 1. The molecule has 1 aliphatic rings. The highest BCUT2D eigenvalue weighted by Gasteiger charge is 2.30. The Balaban J connectivity index is 0.741. The summed E-state index contributed by atoms with van der Waals surface area (Å²) in [5, 5.41) is 58.8. The molecule has 52 heteroatoms. The minimum atomic E-state index is -5.26. The van der Waals surface area contributed by atoms with Gasteiger partial charge in [0, 0.05) is 79.4 Å². The van der Waals surface area contributed by atoms with Gasteiger partial charge in [-0.15, -0.1) is 8.67 Å². The molecule has 43 nitrogen and oxygen atoms in total. The van der Waals surface area contributed by atoms with Crippen molar-refractivity contribution < 1.29 is 109 Å². The molecular formula is C56H53Cl2N19O24S7. The van der Waals surface area contributed by atoms with Gasteiger partial charge < -0.3 is 42.1 Å². The summed E-state index contributed by atoms with van der Waals surface area (Å²) >= 11 is 13.5. The Hall–Kier alpha value is -10.0. The van der Waals surface area contributed by atoms with Gasteiger partial charge >= 0.3 is 0 Å². The van der Waals surface area contributed by atoms with Crippen LogP contribution in [-0.4, -0.2) is 166 Å². The Bertz CT molecular complexity index is 5860. The first-order chi connectivity index (χ1) is 50.9. The summed E-state index contributed by atoms with van der Waals surface area (Å²) in [7, 11) is -25.5. The van der Waals surface area contributed by atoms with Crippen LogP contribution in [0, 0.1) is 0 Å². The number of piperazine rings is 1. The van der Waals surface area contributed by atoms with Crippen LogP contribution >= 0.6 is 47.3 Å². The predicted molar refractivity (Wildman–Crippen MR) is 392 cm³/mol. The van der Waals surface area contributed by atoms with Gasteiger partial charge in [0.15, 0.2) is 5.75 Å². The molecule has 1 amide bonds. The Labute approximate surface area is 626 Å². The summed E-state index contributed by atoms with van der Waals surface area (Å²) in [6.07, 6.45) is 0. The number of aromatic hydroxyl groups is 2. The van der Waals surface area contributed by atoms with Crippen LogP contribution in [0.1, 0.15) is 6.92 Å². The van der Waals surface area contributed by atoms with Crippen LogP contribution < -0.4 is 64.5 Å². The van der Waals surface area contributed by atoms with Crippen LogP contribution in [0.5, 0.6) is 11.5 Å².